The summed E-state index contributed by atoms with van der Waals surface area (Å²) in [6, 6.07) is 10.7. The topological polar surface area (TPSA) is 34.1 Å². The smallest absolute Gasteiger partial charge is 0.0952 e. The van der Waals surface area contributed by atoms with Crippen LogP contribution in [0.4, 0.5) is 0 Å². The highest BCUT2D eigenvalue weighted by atomic mass is 35.5. The van der Waals surface area contributed by atoms with Crippen molar-refractivity contribution in [2.24, 2.45) is 0 Å². The zero-order chi connectivity index (χ0) is 13.1. The molecule has 0 unspecified atom stereocenters. The quantitative estimate of drug-likeness (QED) is 0.943. The molecule has 20 heavy (non-hydrogen) atoms. The van der Waals surface area contributed by atoms with Crippen LogP contribution in [0.25, 0.3) is 11.1 Å². The van der Waals surface area contributed by atoms with Gasteiger partial charge in [-0.3, -0.25) is 4.98 Å². The Kier molecular flexibility index (Phi) is 5.12. The number of nitrogens with zero attached hydrogens (tertiary/aromatic N) is 1. The summed E-state index contributed by atoms with van der Waals surface area (Å²) < 4.78 is 5.86. The van der Waals surface area contributed by atoms with Crippen LogP contribution in [0, 0.1) is 0 Å². The minimum Gasteiger partial charge on any atom is -0.372 e. The summed E-state index contributed by atoms with van der Waals surface area (Å²) >= 11 is 0. The molecule has 1 atom stereocenters. The van der Waals surface area contributed by atoms with E-state index in [1.54, 1.807) is 6.20 Å². The number of hydrogen-bond donors (Lipinski definition) is 1. The van der Waals surface area contributed by atoms with E-state index in [0.29, 0.717) is 0 Å². The summed E-state index contributed by atoms with van der Waals surface area (Å²) in [5.74, 6) is 0. The summed E-state index contributed by atoms with van der Waals surface area (Å²) in [6.45, 7) is 1.66. The van der Waals surface area contributed by atoms with Crippen molar-refractivity contribution in [2.75, 3.05) is 20.2 Å². The summed E-state index contributed by atoms with van der Waals surface area (Å²) in [7, 11) is 1.96. The average molecular weight is 291 g/mol. The Morgan fingerprint density at radius 1 is 1.30 bits per heavy atom. The first kappa shape index (κ1) is 15.0. The minimum absolute atomic E-state index is 0. The van der Waals surface area contributed by atoms with Crippen LogP contribution in [0.2, 0.25) is 0 Å². The molecule has 1 aliphatic rings. The fourth-order valence-corrected chi connectivity index (χ4v) is 2.59. The molecule has 1 N–H and O–H groups in total. The lowest BCUT2D eigenvalue weighted by Crippen LogP contribution is -2.25. The van der Waals surface area contributed by atoms with E-state index in [-0.39, 0.29) is 18.5 Å². The predicted octanol–water partition coefficient (Wildman–Crippen LogP) is 3.00. The first-order valence-corrected chi connectivity index (χ1v) is 6.68. The van der Waals surface area contributed by atoms with Crippen LogP contribution in [0.1, 0.15) is 17.2 Å². The van der Waals surface area contributed by atoms with Gasteiger partial charge in [-0.2, -0.15) is 0 Å². The van der Waals surface area contributed by atoms with Crippen LogP contribution in [0.15, 0.2) is 42.7 Å². The molecule has 3 rings (SSSR count). The zero-order valence-corrected chi connectivity index (χ0v) is 12.3. The largest absolute Gasteiger partial charge is 0.372 e. The molecule has 106 valence electrons. The van der Waals surface area contributed by atoms with Crippen molar-refractivity contribution < 1.29 is 4.74 Å². The average Bonchev–Trinajstić information content (AvgIpc) is 2.48. The van der Waals surface area contributed by atoms with Crippen molar-refractivity contribution in [1.29, 1.82) is 0 Å². The minimum atomic E-state index is 0. The van der Waals surface area contributed by atoms with Crippen LogP contribution in [-0.4, -0.2) is 25.2 Å². The van der Waals surface area contributed by atoms with E-state index in [1.807, 2.05) is 19.3 Å². The maximum Gasteiger partial charge on any atom is 0.0952 e. The maximum absolute atomic E-state index is 5.86. The number of rotatable bonds is 3. The highest BCUT2D eigenvalue weighted by Gasteiger charge is 2.20. The Balaban J connectivity index is 0.00000147. The van der Waals surface area contributed by atoms with Crippen LogP contribution in [-0.2, 0) is 11.2 Å². The first-order chi connectivity index (χ1) is 9.38. The summed E-state index contributed by atoms with van der Waals surface area (Å²) in [4.78, 5) is 4.18. The number of hydrogen-bond acceptors (Lipinski definition) is 3. The molecule has 0 fully saturated rings. The van der Waals surface area contributed by atoms with Crippen molar-refractivity contribution in [2.45, 2.75) is 12.5 Å². The fraction of sp³-hybridized carbons (Fsp3) is 0.312. The van der Waals surface area contributed by atoms with Gasteiger partial charge in [-0.1, -0.05) is 18.2 Å². The Bertz CT molecular complexity index is 560. The van der Waals surface area contributed by atoms with Gasteiger partial charge in [0, 0.05) is 18.9 Å². The number of fused-ring (bicyclic) bond motifs is 1. The van der Waals surface area contributed by atoms with E-state index in [1.165, 1.54) is 16.7 Å². The number of benzene rings is 1. The van der Waals surface area contributed by atoms with Gasteiger partial charge in [-0.15, -0.1) is 12.4 Å². The lowest BCUT2D eigenvalue weighted by Gasteiger charge is -2.26. The van der Waals surface area contributed by atoms with Crippen LogP contribution < -0.4 is 5.32 Å². The maximum atomic E-state index is 5.86. The fourth-order valence-electron chi connectivity index (χ4n) is 2.59. The number of aromatic nitrogens is 1. The molecule has 1 aliphatic heterocycles. The molecule has 0 saturated carbocycles. The molecule has 0 bridgehead atoms. The number of likely N-dealkylation sites (N-methyl/N-ethyl adjacent to an activating group) is 1. The number of nitrogens with one attached hydrogen (secondary N) is 1. The molecule has 2 aromatic rings. The van der Waals surface area contributed by atoms with E-state index in [4.69, 9.17) is 4.74 Å². The Hall–Kier alpha value is -1.42. The third-order valence-electron chi connectivity index (χ3n) is 3.57. The van der Waals surface area contributed by atoms with E-state index < -0.39 is 0 Å². The van der Waals surface area contributed by atoms with Gasteiger partial charge in [0.1, 0.15) is 0 Å². The van der Waals surface area contributed by atoms with E-state index in [2.05, 4.69) is 34.6 Å². The second-order valence-electron chi connectivity index (χ2n) is 4.82. The van der Waals surface area contributed by atoms with E-state index >= 15 is 0 Å². The molecule has 0 saturated heterocycles. The van der Waals surface area contributed by atoms with Gasteiger partial charge in [0.15, 0.2) is 0 Å². The van der Waals surface area contributed by atoms with Crippen molar-refractivity contribution in [1.82, 2.24) is 10.3 Å². The van der Waals surface area contributed by atoms with Crippen LogP contribution in [0.5, 0.6) is 0 Å². The van der Waals surface area contributed by atoms with Gasteiger partial charge in [0.2, 0.25) is 0 Å². The lowest BCUT2D eigenvalue weighted by molar-refractivity contribution is 0.0439. The molecule has 0 spiro atoms. The molecule has 0 radical (unpaired) electrons. The molecule has 0 amide bonds. The molecule has 3 nitrogen and oxygen atoms in total. The Morgan fingerprint density at radius 3 is 2.95 bits per heavy atom. The highest BCUT2D eigenvalue weighted by Crippen LogP contribution is 2.30. The third kappa shape index (κ3) is 3.01. The van der Waals surface area contributed by atoms with Gasteiger partial charge in [0.05, 0.1) is 12.7 Å². The number of halogens is 1. The standard InChI is InChI=1S/C16H18N2O.ClH/c1-17-11-16-15-9-13(14-3-2-7-18-10-14)5-4-12(15)6-8-19-16;/h2-5,7,9-10,16-17H,6,8,11H2,1H3;1H/t16-;/m0./s1. The van der Waals surface area contributed by atoms with Crippen molar-refractivity contribution in [3.63, 3.8) is 0 Å². The second-order valence-corrected chi connectivity index (χ2v) is 4.82. The third-order valence-corrected chi connectivity index (χ3v) is 3.57. The SMILES string of the molecule is CNC[C@@H]1OCCc2ccc(-c3cccnc3)cc21.Cl. The second kappa shape index (κ2) is 6.84. The van der Waals surface area contributed by atoms with Gasteiger partial charge < -0.3 is 10.1 Å². The normalized spacial score (nSPS) is 17.1. The molecule has 4 heteroatoms. The van der Waals surface area contributed by atoms with Crippen LogP contribution >= 0.6 is 12.4 Å². The monoisotopic (exact) mass is 290 g/mol. The molecule has 1 aromatic heterocycles. The first-order valence-electron chi connectivity index (χ1n) is 6.68. The van der Waals surface area contributed by atoms with Crippen molar-refractivity contribution in [3.8, 4) is 11.1 Å². The molecular weight excluding hydrogens is 272 g/mol. The molecule has 2 heterocycles. The van der Waals surface area contributed by atoms with Gasteiger partial charge in [-0.25, -0.2) is 0 Å². The number of pyridine rings is 1. The summed E-state index contributed by atoms with van der Waals surface area (Å²) in [5, 5.41) is 3.20. The van der Waals surface area contributed by atoms with Crippen LogP contribution in [0.3, 0.4) is 0 Å². The van der Waals surface area contributed by atoms with E-state index in [9.17, 15) is 0 Å². The Labute approximate surface area is 125 Å². The molecular formula is C16H19ClN2O. The van der Waals surface area contributed by atoms with Gasteiger partial charge >= 0.3 is 0 Å². The molecule has 0 aliphatic carbocycles. The van der Waals surface area contributed by atoms with Gasteiger partial charge in [-0.05, 0) is 47.9 Å². The zero-order valence-electron chi connectivity index (χ0n) is 11.5. The van der Waals surface area contributed by atoms with Crippen molar-refractivity contribution in [3.05, 3.63) is 53.9 Å². The summed E-state index contributed by atoms with van der Waals surface area (Å²) in [6.07, 6.45) is 4.86. The predicted molar refractivity (Wildman–Crippen MR) is 83.2 cm³/mol. The van der Waals surface area contributed by atoms with E-state index in [0.717, 1.165) is 25.1 Å². The summed E-state index contributed by atoms with van der Waals surface area (Å²) in [5.41, 5.74) is 5.07. The lowest BCUT2D eigenvalue weighted by atomic mass is 9.93. The Morgan fingerprint density at radius 2 is 2.20 bits per heavy atom. The van der Waals surface area contributed by atoms with Gasteiger partial charge in [0.25, 0.3) is 0 Å². The number of ether oxygens (including phenoxy) is 1. The van der Waals surface area contributed by atoms with Crippen molar-refractivity contribution >= 4 is 12.4 Å². The highest BCUT2D eigenvalue weighted by molar-refractivity contribution is 5.85. The molecule has 1 aromatic carbocycles.